The smallest absolute Gasteiger partial charge is 0.338 e. The second-order valence-corrected chi connectivity index (χ2v) is 3.86. The Morgan fingerprint density at radius 3 is 2.89 bits per heavy atom. The van der Waals surface area contributed by atoms with E-state index in [-0.39, 0.29) is 6.61 Å². The maximum atomic E-state index is 11.3. The van der Waals surface area contributed by atoms with Crippen LogP contribution in [0, 0.1) is 0 Å². The Labute approximate surface area is 104 Å². The number of fused-ring (bicyclic) bond motifs is 1. The van der Waals surface area contributed by atoms with Gasteiger partial charge < -0.3 is 19.4 Å². The van der Waals surface area contributed by atoms with Crippen molar-refractivity contribution >= 4 is 16.9 Å². The van der Waals surface area contributed by atoms with Gasteiger partial charge in [0, 0.05) is 5.39 Å². The van der Waals surface area contributed by atoms with E-state index in [1.165, 1.54) is 6.26 Å². The van der Waals surface area contributed by atoms with E-state index in [0.29, 0.717) is 11.1 Å². The van der Waals surface area contributed by atoms with Crippen molar-refractivity contribution < 1.29 is 24.2 Å². The van der Waals surface area contributed by atoms with Crippen LogP contribution in [0.2, 0.25) is 0 Å². The number of esters is 1. The summed E-state index contributed by atoms with van der Waals surface area (Å²) in [6.07, 6.45) is -1.37. The number of carbonyl (C=O) groups is 1. The molecule has 2 aromatic rings. The van der Waals surface area contributed by atoms with Crippen molar-refractivity contribution in [2.24, 2.45) is 0 Å². The first-order valence-corrected chi connectivity index (χ1v) is 5.63. The van der Waals surface area contributed by atoms with Gasteiger partial charge in [0.1, 0.15) is 11.7 Å². The third kappa shape index (κ3) is 2.37. The fraction of sp³-hybridized carbons (Fsp3) is 0.308. The number of rotatable bonds is 4. The van der Waals surface area contributed by atoms with Gasteiger partial charge in [-0.25, -0.2) is 4.79 Å². The Morgan fingerprint density at radius 1 is 1.39 bits per heavy atom. The molecule has 0 spiro atoms. The highest BCUT2D eigenvalue weighted by Gasteiger charge is 2.27. The summed E-state index contributed by atoms with van der Waals surface area (Å²) in [4.78, 5) is 11.3. The summed E-state index contributed by atoms with van der Waals surface area (Å²) in [5.74, 6) is -0.836. The molecule has 1 aromatic carbocycles. The molecule has 0 radical (unpaired) electrons. The van der Waals surface area contributed by atoms with E-state index in [2.05, 4.69) is 4.74 Å². The highest BCUT2D eigenvalue weighted by atomic mass is 16.5. The van der Waals surface area contributed by atoms with Gasteiger partial charge in [-0.3, -0.25) is 0 Å². The van der Waals surface area contributed by atoms with Crippen molar-refractivity contribution in [1.29, 1.82) is 0 Å². The van der Waals surface area contributed by atoms with Gasteiger partial charge in [-0.1, -0.05) is 6.07 Å². The fourth-order valence-corrected chi connectivity index (χ4v) is 1.71. The molecule has 0 fully saturated rings. The van der Waals surface area contributed by atoms with Crippen molar-refractivity contribution in [3.05, 3.63) is 36.1 Å². The molecule has 2 N–H and O–H groups in total. The summed E-state index contributed by atoms with van der Waals surface area (Å²) >= 11 is 0. The largest absolute Gasteiger partial charge is 0.464 e. The van der Waals surface area contributed by atoms with Gasteiger partial charge in [0.05, 0.1) is 12.9 Å². The Morgan fingerprint density at radius 2 is 2.17 bits per heavy atom. The Balaban J connectivity index is 2.21. The van der Waals surface area contributed by atoms with Crippen LogP contribution in [0.3, 0.4) is 0 Å². The predicted molar refractivity (Wildman–Crippen MR) is 63.8 cm³/mol. The molecule has 0 saturated heterocycles. The van der Waals surface area contributed by atoms with Crippen LogP contribution in [0.1, 0.15) is 18.6 Å². The topological polar surface area (TPSA) is 79.9 Å². The normalized spacial score (nSPS) is 14.4. The van der Waals surface area contributed by atoms with Crippen LogP contribution in [0.15, 0.2) is 34.9 Å². The van der Waals surface area contributed by atoms with E-state index in [4.69, 9.17) is 4.42 Å². The SMILES string of the molecule is CCOC(=O)C(O)C(O)c1ccc2occc2c1. The minimum Gasteiger partial charge on any atom is -0.464 e. The number of carbonyl (C=O) groups excluding carboxylic acids is 1. The van der Waals surface area contributed by atoms with E-state index in [1.54, 1.807) is 31.2 Å². The Kier molecular flexibility index (Phi) is 3.64. The van der Waals surface area contributed by atoms with Crippen molar-refractivity contribution in [2.75, 3.05) is 6.61 Å². The third-order valence-corrected chi connectivity index (χ3v) is 2.65. The minimum atomic E-state index is -1.59. The Hall–Kier alpha value is -1.85. The summed E-state index contributed by atoms with van der Waals surface area (Å²) in [6, 6.07) is 6.67. The molecule has 2 atom stereocenters. The van der Waals surface area contributed by atoms with E-state index >= 15 is 0 Å². The van der Waals surface area contributed by atoms with E-state index in [0.717, 1.165) is 5.39 Å². The number of ether oxygens (including phenoxy) is 1. The molecule has 1 aromatic heterocycles. The highest BCUT2D eigenvalue weighted by Crippen LogP contribution is 2.23. The van der Waals surface area contributed by atoms with Gasteiger partial charge in [-0.05, 0) is 30.7 Å². The van der Waals surface area contributed by atoms with Crippen molar-refractivity contribution in [1.82, 2.24) is 0 Å². The first-order valence-electron chi connectivity index (χ1n) is 5.63. The fourth-order valence-electron chi connectivity index (χ4n) is 1.71. The molecular weight excluding hydrogens is 236 g/mol. The van der Waals surface area contributed by atoms with Crippen LogP contribution >= 0.6 is 0 Å². The van der Waals surface area contributed by atoms with Crippen LogP contribution in [0.25, 0.3) is 11.0 Å². The Bertz CT molecular complexity index is 545. The lowest BCUT2D eigenvalue weighted by Crippen LogP contribution is -2.29. The summed E-state index contributed by atoms with van der Waals surface area (Å²) in [5.41, 5.74) is 1.11. The van der Waals surface area contributed by atoms with Crippen LogP contribution < -0.4 is 0 Å². The average molecular weight is 250 g/mol. The first-order chi connectivity index (χ1) is 8.63. The molecule has 96 valence electrons. The third-order valence-electron chi connectivity index (χ3n) is 2.65. The van der Waals surface area contributed by atoms with Gasteiger partial charge in [0.2, 0.25) is 0 Å². The lowest BCUT2D eigenvalue weighted by Gasteiger charge is -2.16. The molecule has 0 bridgehead atoms. The van der Waals surface area contributed by atoms with Crippen LogP contribution in [0.4, 0.5) is 0 Å². The zero-order valence-electron chi connectivity index (χ0n) is 9.87. The van der Waals surface area contributed by atoms with Crippen molar-refractivity contribution in [3.63, 3.8) is 0 Å². The zero-order chi connectivity index (χ0) is 13.1. The number of furan rings is 1. The van der Waals surface area contributed by atoms with Gasteiger partial charge in [-0.2, -0.15) is 0 Å². The monoisotopic (exact) mass is 250 g/mol. The summed E-state index contributed by atoms with van der Waals surface area (Å²) in [7, 11) is 0. The number of hydrogen-bond donors (Lipinski definition) is 2. The molecule has 0 aliphatic rings. The molecule has 5 nitrogen and oxygen atoms in total. The molecule has 0 saturated carbocycles. The molecule has 0 aliphatic heterocycles. The van der Waals surface area contributed by atoms with Gasteiger partial charge in [0.15, 0.2) is 6.10 Å². The zero-order valence-corrected chi connectivity index (χ0v) is 9.87. The van der Waals surface area contributed by atoms with Crippen LogP contribution in [0.5, 0.6) is 0 Å². The van der Waals surface area contributed by atoms with Crippen molar-refractivity contribution in [3.8, 4) is 0 Å². The summed E-state index contributed by atoms with van der Waals surface area (Å²) in [5, 5.41) is 20.3. The van der Waals surface area contributed by atoms with Gasteiger partial charge >= 0.3 is 5.97 Å². The molecule has 0 aliphatic carbocycles. The van der Waals surface area contributed by atoms with E-state index in [9.17, 15) is 15.0 Å². The highest BCUT2D eigenvalue weighted by molar-refractivity contribution is 5.79. The summed E-state index contributed by atoms with van der Waals surface area (Å²) in [6.45, 7) is 1.79. The molecule has 18 heavy (non-hydrogen) atoms. The second kappa shape index (κ2) is 5.20. The van der Waals surface area contributed by atoms with Crippen LogP contribution in [-0.2, 0) is 9.53 Å². The number of aliphatic hydroxyl groups is 2. The maximum absolute atomic E-state index is 11.3. The molecule has 0 amide bonds. The second-order valence-electron chi connectivity index (χ2n) is 3.86. The van der Waals surface area contributed by atoms with Crippen LogP contribution in [-0.4, -0.2) is 28.9 Å². The minimum absolute atomic E-state index is 0.156. The molecule has 2 rings (SSSR count). The molecular formula is C13H14O5. The summed E-state index contributed by atoms with van der Waals surface area (Å²) < 4.78 is 9.81. The number of aliphatic hydroxyl groups excluding tert-OH is 2. The number of hydrogen-bond acceptors (Lipinski definition) is 5. The lowest BCUT2D eigenvalue weighted by atomic mass is 10.0. The molecule has 2 unspecified atom stereocenters. The van der Waals surface area contributed by atoms with E-state index in [1.807, 2.05) is 0 Å². The maximum Gasteiger partial charge on any atom is 0.338 e. The van der Waals surface area contributed by atoms with Gasteiger partial charge in [0.25, 0.3) is 0 Å². The molecule has 1 heterocycles. The van der Waals surface area contributed by atoms with Crippen molar-refractivity contribution in [2.45, 2.75) is 19.1 Å². The quantitative estimate of drug-likeness (QED) is 0.801. The van der Waals surface area contributed by atoms with Gasteiger partial charge in [-0.15, -0.1) is 0 Å². The first kappa shape index (κ1) is 12.6. The predicted octanol–water partition coefficient (Wildman–Crippen LogP) is 1.39. The lowest BCUT2D eigenvalue weighted by molar-refractivity contribution is -0.159. The number of benzene rings is 1. The molecule has 5 heteroatoms. The average Bonchev–Trinajstić information content (AvgIpc) is 2.84. The standard InChI is InChI=1S/C13H14O5/c1-2-17-13(16)12(15)11(14)9-3-4-10-8(7-9)5-6-18-10/h3-7,11-12,14-15H,2H2,1H3. The van der Waals surface area contributed by atoms with E-state index < -0.39 is 18.2 Å².